The molecular weight excluding hydrogens is 444 g/mol. The molecule has 0 aliphatic rings. The molecule has 158 valence electrons. The zero-order valence-corrected chi connectivity index (χ0v) is 18.7. The van der Waals surface area contributed by atoms with Gasteiger partial charge in [0.2, 0.25) is 15.2 Å². The summed E-state index contributed by atoms with van der Waals surface area (Å²) in [6.45, 7) is 2.48. The first-order chi connectivity index (χ1) is 14.3. The second kappa shape index (κ2) is 9.92. The second-order valence-corrected chi connectivity index (χ2v) is 10.0. The van der Waals surface area contributed by atoms with Crippen molar-refractivity contribution in [2.45, 2.75) is 11.3 Å². The smallest absolute Gasteiger partial charge is 0.229 e. The van der Waals surface area contributed by atoms with Crippen LogP contribution in [0.4, 0.5) is 16.5 Å². The maximum absolute atomic E-state index is 12.4. The number of nitrogens with zero attached hydrogens (tertiary/aromatic N) is 2. The van der Waals surface area contributed by atoms with Crippen molar-refractivity contribution < 1.29 is 17.9 Å². The average molecular weight is 465 g/mol. The molecular formula is C19H20N4O4S3. The lowest BCUT2D eigenvalue weighted by molar-refractivity contribution is 0.102. The van der Waals surface area contributed by atoms with Crippen molar-refractivity contribution in [1.29, 1.82) is 0 Å². The summed E-state index contributed by atoms with van der Waals surface area (Å²) in [5, 5.41) is 12.0. The quantitative estimate of drug-likeness (QED) is 0.342. The van der Waals surface area contributed by atoms with Crippen LogP contribution < -0.4 is 14.8 Å². The van der Waals surface area contributed by atoms with Crippen LogP contribution in [0.5, 0.6) is 5.75 Å². The summed E-state index contributed by atoms with van der Waals surface area (Å²) in [7, 11) is -3.35. The molecule has 0 fully saturated rings. The van der Waals surface area contributed by atoms with Crippen molar-refractivity contribution in [3.8, 4) is 5.75 Å². The number of hydrogen-bond donors (Lipinski definition) is 2. The van der Waals surface area contributed by atoms with Gasteiger partial charge in [0.25, 0.3) is 0 Å². The van der Waals surface area contributed by atoms with E-state index in [1.807, 2.05) is 31.2 Å². The van der Waals surface area contributed by atoms with Crippen molar-refractivity contribution in [2.75, 3.05) is 28.7 Å². The summed E-state index contributed by atoms with van der Waals surface area (Å²) in [6, 6.07) is 13.9. The van der Waals surface area contributed by atoms with E-state index in [9.17, 15) is 13.2 Å². The first kappa shape index (κ1) is 22.1. The summed E-state index contributed by atoms with van der Waals surface area (Å²) in [6.07, 6.45) is 1.07. The first-order valence-electron chi connectivity index (χ1n) is 8.90. The van der Waals surface area contributed by atoms with E-state index in [1.165, 1.54) is 23.1 Å². The van der Waals surface area contributed by atoms with Crippen LogP contribution in [0.15, 0.2) is 52.9 Å². The molecule has 0 bridgehead atoms. The van der Waals surface area contributed by atoms with Crippen LogP contribution in [0.2, 0.25) is 0 Å². The lowest BCUT2D eigenvalue weighted by Gasteiger charge is -2.09. The second-order valence-electron chi connectivity index (χ2n) is 6.09. The predicted molar refractivity (Wildman–Crippen MR) is 121 cm³/mol. The number of thioether (sulfide) groups is 1. The Morgan fingerprint density at radius 1 is 1.13 bits per heavy atom. The number of ether oxygens (including phenoxy) is 1. The van der Waals surface area contributed by atoms with Crippen LogP contribution in [0.1, 0.15) is 17.3 Å². The number of para-hydroxylation sites is 2. The highest BCUT2D eigenvalue weighted by Gasteiger charge is 2.12. The zero-order valence-electron chi connectivity index (χ0n) is 16.3. The molecule has 0 aliphatic heterocycles. The molecule has 1 heterocycles. The lowest BCUT2D eigenvalue weighted by atomic mass is 10.1. The summed E-state index contributed by atoms with van der Waals surface area (Å²) in [4.78, 5) is 12.4. The molecule has 0 amide bonds. The molecule has 0 unspecified atom stereocenters. The molecule has 0 saturated carbocycles. The fourth-order valence-corrected chi connectivity index (χ4v) is 4.66. The lowest BCUT2D eigenvalue weighted by Crippen LogP contribution is -2.10. The Labute approximate surface area is 183 Å². The first-order valence-corrected chi connectivity index (χ1v) is 12.6. The van der Waals surface area contributed by atoms with Gasteiger partial charge in [-0.1, -0.05) is 35.2 Å². The molecule has 1 aromatic heterocycles. The van der Waals surface area contributed by atoms with Crippen LogP contribution in [-0.2, 0) is 10.0 Å². The van der Waals surface area contributed by atoms with Gasteiger partial charge >= 0.3 is 0 Å². The van der Waals surface area contributed by atoms with Crippen molar-refractivity contribution >= 4 is 55.4 Å². The van der Waals surface area contributed by atoms with Gasteiger partial charge in [-0.25, -0.2) is 8.42 Å². The van der Waals surface area contributed by atoms with Crippen LogP contribution >= 0.6 is 23.1 Å². The van der Waals surface area contributed by atoms with Crippen molar-refractivity contribution in [3.63, 3.8) is 0 Å². The molecule has 2 aromatic carbocycles. The third-order valence-electron chi connectivity index (χ3n) is 3.67. The maximum atomic E-state index is 12.4. The Morgan fingerprint density at radius 2 is 1.87 bits per heavy atom. The van der Waals surface area contributed by atoms with Crippen LogP contribution in [0.3, 0.4) is 0 Å². The zero-order chi connectivity index (χ0) is 21.6. The molecule has 0 aliphatic carbocycles. The third kappa shape index (κ3) is 6.44. The molecule has 30 heavy (non-hydrogen) atoms. The standard InChI is InChI=1S/C19H20N4O4S3/c1-3-27-17-7-5-4-6-15(17)20-18-21-22-19(29-18)28-12-16(24)13-8-10-14(11-9-13)23-30(2,25)26/h4-11,23H,3,12H2,1-2H3,(H,20,21). The number of carbonyl (C=O) groups excluding carboxylic acids is 1. The van der Waals surface area contributed by atoms with E-state index in [0.717, 1.165) is 17.7 Å². The van der Waals surface area contributed by atoms with Gasteiger partial charge in [0.15, 0.2) is 10.1 Å². The van der Waals surface area contributed by atoms with Crippen LogP contribution in [-0.4, -0.2) is 43.0 Å². The van der Waals surface area contributed by atoms with E-state index in [2.05, 4.69) is 20.2 Å². The highest BCUT2D eigenvalue weighted by atomic mass is 32.2. The van der Waals surface area contributed by atoms with Gasteiger partial charge in [-0.3, -0.25) is 9.52 Å². The molecule has 11 heteroatoms. The van der Waals surface area contributed by atoms with Gasteiger partial charge in [0.1, 0.15) is 5.75 Å². The third-order valence-corrected chi connectivity index (χ3v) is 6.25. The number of ketones is 1. The highest BCUT2D eigenvalue weighted by Crippen LogP contribution is 2.31. The largest absolute Gasteiger partial charge is 0.492 e. The summed E-state index contributed by atoms with van der Waals surface area (Å²) in [5.74, 6) is 0.842. The number of carbonyl (C=O) groups is 1. The molecule has 0 radical (unpaired) electrons. The Hall–Kier alpha value is -2.63. The molecule has 3 aromatic rings. The fraction of sp³-hybridized carbons (Fsp3) is 0.211. The number of aromatic nitrogens is 2. The number of Topliss-reactive ketones (excluding diaryl/α,β-unsaturated/α-hetero) is 1. The minimum atomic E-state index is -3.35. The SMILES string of the molecule is CCOc1ccccc1Nc1nnc(SCC(=O)c2ccc(NS(C)(=O)=O)cc2)s1. The number of hydrogen-bond acceptors (Lipinski definition) is 9. The van der Waals surface area contributed by atoms with Gasteiger partial charge < -0.3 is 10.1 Å². The van der Waals surface area contributed by atoms with Gasteiger partial charge in [-0.15, -0.1) is 10.2 Å². The topological polar surface area (TPSA) is 110 Å². The van der Waals surface area contributed by atoms with E-state index in [4.69, 9.17) is 4.74 Å². The Kier molecular flexibility index (Phi) is 7.29. The Morgan fingerprint density at radius 3 is 2.57 bits per heavy atom. The van der Waals surface area contributed by atoms with Crippen molar-refractivity contribution in [1.82, 2.24) is 10.2 Å². The van der Waals surface area contributed by atoms with E-state index in [-0.39, 0.29) is 11.5 Å². The summed E-state index contributed by atoms with van der Waals surface area (Å²) in [5.41, 5.74) is 1.70. The number of rotatable bonds is 10. The van der Waals surface area contributed by atoms with Crippen molar-refractivity contribution in [3.05, 3.63) is 54.1 Å². The van der Waals surface area contributed by atoms with Gasteiger partial charge in [-0.2, -0.15) is 0 Å². The minimum Gasteiger partial charge on any atom is -0.492 e. The summed E-state index contributed by atoms with van der Waals surface area (Å²) >= 11 is 2.64. The molecule has 0 spiro atoms. The molecule has 0 saturated heterocycles. The maximum Gasteiger partial charge on any atom is 0.229 e. The van der Waals surface area contributed by atoms with Gasteiger partial charge in [-0.05, 0) is 43.3 Å². The van der Waals surface area contributed by atoms with Gasteiger partial charge in [0.05, 0.1) is 24.3 Å². The highest BCUT2D eigenvalue weighted by molar-refractivity contribution is 8.01. The number of anilines is 3. The average Bonchev–Trinajstić information content (AvgIpc) is 3.14. The predicted octanol–water partition coefficient (Wildman–Crippen LogP) is 4.03. The molecule has 3 rings (SSSR count). The Bertz CT molecular complexity index is 1110. The molecule has 0 atom stereocenters. The van der Waals surface area contributed by atoms with Crippen LogP contribution in [0, 0.1) is 0 Å². The number of nitrogens with one attached hydrogen (secondary N) is 2. The fourth-order valence-electron chi connectivity index (χ4n) is 2.43. The number of sulfonamides is 1. The van der Waals surface area contributed by atoms with E-state index in [1.54, 1.807) is 24.3 Å². The minimum absolute atomic E-state index is 0.0858. The number of benzene rings is 2. The summed E-state index contributed by atoms with van der Waals surface area (Å²) < 4.78 is 31.1. The Balaban J connectivity index is 1.57. The van der Waals surface area contributed by atoms with E-state index >= 15 is 0 Å². The van der Waals surface area contributed by atoms with E-state index < -0.39 is 10.0 Å². The van der Waals surface area contributed by atoms with Crippen molar-refractivity contribution in [2.24, 2.45) is 0 Å². The van der Waals surface area contributed by atoms with E-state index in [0.29, 0.717) is 27.3 Å². The van der Waals surface area contributed by atoms with Crippen LogP contribution in [0.25, 0.3) is 0 Å². The normalized spacial score (nSPS) is 11.1. The van der Waals surface area contributed by atoms with Gasteiger partial charge in [0, 0.05) is 11.3 Å². The molecule has 2 N–H and O–H groups in total. The molecule has 8 nitrogen and oxygen atoms in total. The monoisotopic (exact) mass is 464 g/mol.